The Morgan fingerprint density at radius 3 is 2.61 bits per heavy atom. The Bertz CT molecular complexity index is 745. The van der Waals surface area contributed by atoms with Gasteiger partial charge in [-0.3, -0.25) is 25.1 Å². The van der Waals surface area contributed by atoms with E-state index in [-0.39, 0.29) is 11.1 Å². The van der Waals surface area contributed by atoms with Gasteiger partial charge in [0.2, 0.25) is 0 Å². The summed E-state index contributed by atoms with van der Waals surface area (Å²) >= 11 is 0. The van der Waals surface area contributed by atoms with E-state index in [9.17, 15) is 9.59 Å². The van der Waals surface area contributed by atoms with Crippen molar-refractivity contribution in [1.82, 2.24) is 20.8 Å². The zero-order valence-electron chi connectivity index (χ0n) is 12.9. The molecule has 3 amide bonds. The lowest BCUT2D eigenvalue weighted by Crippen LogP contribution is -2.49. The van der Waals surface area contributed by atoms with E-state index < -0.39 is 11.9 Å². The number of aromatic nitrogens is 2. The highest BCUT2D eigenvalue weighted by Gasteiger charge is 2.39. The second-order valence-electron chi connectivity index (χ2n) is 5.94. The molecule has 7 nitrogen and oxygen atoms in total. The zero-order chi connectivity index (χ0) is 16.4. The maximum Gasteiger partial charge on any atom is 0.340 e. The van der Waals surface area contributed by atoms with Gasteiger partial charge in [0, 0.05) is 24.4 Å². The first-order valence-corrected chi connectivity index (χ1v) is 7.23. The number of nitrogens with zero attached hydrogens (tertiary/aromatic N) is 3. The fourth-order valence-electron chi connectivity index (χ4n) is 2.61. The normalized spacial score (nSPS) is 15.0. The summed E-state index contributed by atoms with van der Waals surface area (Å²) in [6.07, 6.45) is 3.23. The molecule has 2 aromatic heterocycles. The lowest BCUT2D eigenvalue weighted by atomic mass is 9.91. The Kier molecular flexibility index (Phi) is 3.69. The first-order chi connectivity index (χ1) is 11.0. The molecule has 3 rings (SSSR count). The van der Waals surface area contributed by atoms with Gasteiger partial charge in [0.05, 0.1) is 11.4 Å². The van der Waals surface area contributed by atoms with Crippen LogP contribution < -0.4 is 15.8 Å². The highest BCUT2D eigenvalue weighted by atomic mass is 16.2. The number of hydrogen-bond donors (Lipinski definition) is 2. The third kappa shape index (κ3) is 2.85. The van der Waals surface area contributed by atoms with Crippen LogP contribution in [0.4, 0.5) is 10.5 Å². The number of pyridine rings is 2. The number of fused-ring (bicyclic) bond motifs is 1. The summed E-state index contributed by atoms with van der Waals surface area (Å²) in [6, 6.07) is 8.21. The second-order valence-corrected chi connectivity index (χ2v) is 5.94. The van der Waals surface area contributed by atoms with E-state index in [4.69, 9.17) is 0 Å². The molecule has 0 unspecified atom stereocenters. The number of nitrogens with one attached hydrogen (secondary N) is 2. The maximum absolute atomic E-state index is 12.4. The Balaban J connectivity index is 1.69. The molecule has 2 N–H and O–H groups in total. The van der Waals surface area contributed by atoms with E-state index in [2.05, 4.69) is 20.8 Å². The molecule has 0 fully saturated rings. The Morgan fingerprint density at radius 1 is 1.09 bits per heavy atom. The minimum absolute atomic E-state index is 0.233. The third-order valence-corrected chi connectivity index (χ3v) is 3.70. The summed E-state index contributed by atoms with van der Waals surface area (Å²) in [7, 11) is 0. The van der Waals surface area contributed by atoms with Gasteiger partial charge in [-0.1, -0.05) is 19.9 Å². The summed E-state index contributed by atoms with van der Waals surface area (Å²) in [5, 5.41) is 0. The minimum Gasteiger partial charge on any atom is -0.290 e. The number of urea groups is 1. The number of carbonyl (C=O) groups excluding carboxylic acids is 2. The standard InChI is InChI=1S/C16H17N5O2/c1-16(2)10-21(12-7-5-9-18-13(12)16)15(23)20-19-14(22)11-6-3-4-8-17-11/h3-9H,10H2,1-2H3,(H,19,22)(H,20,23). The van der Waals surface area contributed by atoms with E-state index >= 15 is 0 Å². The number of hydrazine groups is 1. The van der Waals surface area contributed by atoms with E-state index in [1.807, 2.05) is 19.9 Å². The van der Waals surface area contributed by atoms with Gasteiger partial charge in [-0.2, -0.15) is 0 Å². The fraction of sp³-hybridized carbons (Fsp3) is 0.250. The molecule has 2 aromatic rings. The van der Waals surface area contributed by atoms with Gasteiger partial charge >= 0.3 is 6.03 Å². The molecule has 0 spiro atoms. The van der Waals surface area contributed by atoms with Crippen LogP contribution in [-0.2, 0) is 5.41 Å². The van der Waals surface area contributed by atoms with Crippen molar-refractivity contribution in [3.63, 3.8) is 0 Å². The summed E-state index contributed by atoms with van der Waals surface area (Å²) in [6.45, 7) is 4.54. The van der Waals surface area contributed by atoms with Crippen molar-refractivity contribution in [2.24, 2.45) is 0 Å². The van der Waals surface area contributed by atoms with Gasteiger partial charge in [-0.15, -0.1) is 0 Å². The van der Waals surface area contributed by atoms with Gasteiger partial charge in [0.1, 0.15) is 5.69 Å². The van der Waals surface area contributed by atoms with Gasteiger partial charge in [0.15, 0.2) is 0 Å². The van der Waals surface area contributed by atoms with Gasteiger partial charge in [-0.05, 0) is 24.3 Å². The van der Waals surface area contributed by atoms with Crippen LogP contribution in [-0.4, -0.2) is 28.5 Å². The molecule has 0 saturated carbocycles. The zero-order valence-corrected chi connectivity index (χ0v) is 12.9. The van der Waals surface area contributed by atoms with Crippen molar-refractivity contribution >= 4 is 17.6 Å². The van der Waals surface area contributed by atoms with E-state index in [1.165, 1.54) is 6.20 Å². The predicted octanol–water partition coefficient (Wildman–Crippen LogP) is 1.63. The smallest absolute Gasteiger partial charge is 0.290 e. The molecule has 7 heteroatoms. The lowest BCUT2D eigenvalue weighted by Gasteiger charge is -2.20. The van der Waals surface area contributed by atoms with Gasteiger partial charge < -0.3 is 0 Å². The van der Waals surface area contributed by atoms with Crippen LogP contribution in [0, 0.1) is 0 Å². The van der Waals surface area contributed by atoms with Crippen molar-refractivity contribution in [1.29, 1.82) is 0 Å². The largest absolute Gasteiger partial charge is 0.340 e. The number of hydrogen-bond acceptors (Lipinski definition) is 4. The van der Waals surface area contributed by atoms with Crippen molar-refractivity contribution in [2.45, 2.75) is 19.3 Å². The fourth-order valence-corrected chi connectivity index (χ4v) is 2.61. The molecule has 1 aliphatic heterocycles. The van der Waals surface area contributed by atoms with Gasteiger partial charge in [-0.25, -0.2) is 10.2 Å². The van der Waals surface area contributed by atoms with E-state index in [0.717, 1.165) is 11.4 Å². The highest BCUT2D eigenvalue weighted by molar-refractivity contribution is 5.98. The van der Waals surface area contributed by atoms with E-state index in [1.54, 1.807) is 35.4 Å². The average Bonchev–Trinajstić information content (AvgIpc) is 2.85. The van der Waals surface area contributed by atoms with Crippen LogP contribution >= 0.6 is 0 Å². The predicted molar refractivity (Wildman–Crippen MR) is 84.8 cm³/mol. The molecule has 0 radical (unpaired) electrons. The Labute approximate surface area is 133 Å². The highest BCUT2D eigenvalue weighted by Crippen LogP contribution is 2.38. The molecule has 0 bridgehead atoms. The van der Waals surface area contributed by atoms with Crippen LogP contribution in [0.15, 0.2) is 42.7 Å². The first-order valence-electron chi connectivity index (χ1n) is 7.23. The van der Waals surface area contributed by atoms with Crippen LogP contribution in [0.1, 0.15) is 30.0 Å². The number of amides is 3. The quantitative estimate of drug-likeness (QED) is 0.784. The SMILES string of the molecule is CC1(C)CN(C(=O)NNC(=O)c2ccccn2)c2cccnc21. The molecular weight excluding hydrogens is 294 g/mol. The molecule has 1 aliphatic rings. The molecule has 0 saturated heterocycles. The molecule has 118 valence electrons. The molecule has 0 atom stereocenters. The van der Waals surface area contributed by atoms with Crippen molar-refractivity contribution in [3.05, 3.63) is 54.1 Å². The summed E-state index contributed by atoms with van der Waals surface area (Å²) < 4.78 is 0. The minimum atomic E-state index is -0.469. The van der Waals surface area contributed by atoms with Crippen molar-refractivity contribution < 1.29 is 9.59 Å². The summed E-state index contributed by atoms with van der Waals surface area (Å²) in [5.74, 6) is -0.469. The van der Waals surface area contributed by atoms with Crippen molar-refractivity contribution in [2.75, 3.05) is 11.4 Å². The third-order valence-electron chi connectivity index (χ3n) is 3.70. The molecule has 3 heterocycles. The monoisotopic (exact) mass is 311 g/mol. The number of anilines is 1. The molecule has 0 aromatic carbocycles. The van der Waals surface area contributed by atoms with Gasteiger partial charge in [0.25, 0.3) is 5.91 Å². The van der Waals surface area contributed by atoms with Crippen LogP contribution in [0.3, 0.4) is 0 Å². The second kappa shape index (κ2) is 5.68. The number of rotatable bonds is 1. The van der Waals surface area contributed by atoms with Crippen molar-refractivity contribution in [3.8, 4) is 0 Å². The lowest BCUT2D eigenvalue weighted by molar-refractivity contribution is 0.0932. The van der Waals surface area contributed by atoms with Crippen LogP contribution in [0.5, 0.6) is 0 Å². The Morgan fingerprint density at radius 2 is 1.87 bits per heavy atom. The molecular formula is C16H17N5O2. The summed E-state index contributed by atoms with van der Waals surface area (Å²) in [5.41, 5.74) is 6.41. The average molecular weight is 311 g/mol. The summed E-state index contributed by atoms with van der Waals surface area (Å²) in [4.78, 5) is 34.2. The Hall–Kier alpha value is -2.96. The van der Waals surface area contributed by atoms with E-state index in [0.29, 0.717) is 6.54 Å². The molecule has 0 aliphatic carbocycles. The number of carbonyl (C=O) groups is 2. The van der Waals surface area contributed by atoms with Crippen LogP contribution in [0.25, 0.3) is 0 Å². The topological polar surface area (TPSA) is 87.2 Å². The first kappa shape index (κ1) is 15.0. The maximum atomic E-state index is 12.4. The van der Waals surface area contributed by atoms with Crippen LogP contribution in [0.2, 0.25) is 0 Å². The molecule has 23 heavy (non-hydrogen) atoms.